The minimum absolute atomic E-state index is 0.122. The molecule has 0 amide bonds. The van der Waals surface area contributed by atoms with Gasteiger partial charge in [-0.1, -0.05) is 6.92 Å². The SMILES string of the molecule is CCC1CCCN1c1cc(C)nc(C)c1C(=N)N. The van der Waals surface area contributed by atoms with Gasteiger partial charge in [-0.15, -0.1) is 0 Å². The zero-order valence-corrected chi connectivity index (χ0v) is 11.5. The second-order valence-electron chi connectivity index (χ2n) is 5.05. The van der Waals surface area contributed by atoms with Crippen molar-refractivity contribution in [2.75, 3.05) is 11.4 Å². The van der Waals surface area contributed by atoms with Crippen molar-refractivity contribution in [1.82, 2.24) is 4.98 Å². The summed E-state index contributed by atoms with van der Waals surface area (Å²) in [7, 11) is 0. The Balaban J connectivity index is 2.51. The fourth-order valence-electron chi connectivity index (χ4n) is 2.94. The van der Waals surface area contributed by atoms with Gasteiger partial charge in [0.1, 0.15) is 5.84 Å². The maximum absolute atomic E-state index is 7.79. The summed E-state index contributed by atoms with van der Waals surface area (Å²) in [4.78, 5) is 6.83. The van der Waals surface area contributed by atoms with E-state index >= 15 is 0 Å². The monoisotopic (exact) mass is 246 g/mol. The highest BCUT2D eigenvalue weighted by molar-refractivity contribution is 6.01. The maximum atomic E-state index is 7.79. The zero-order valence-electron chi connectivity index (χ0n) is 11.5. The number of aryl methyl sites for hydroxylation is 2. The van der Waals surface area contributed by atoms with Crippen LogP contribution < -0.4 is 10.6 Å². The van der Waals surface area contributed by atoms with Crippen molar-refractivity contribution >= 4 is 11.5 Å². The van der Waals surface area contributed by atoms with Crippen LogP contribution in [0.2, 0.25) is 0 Å². The first-order valence-electron chi connectivity index (χ1n) is 6.63. The molecule has 1 saturated heterocycles. The van der Waals surface area contributed by atoms with E-state index in [2.05, 4.69) is 22.9 Å². The molecule has 1 aliphatic rings. The summed E-state index contributed by atoms with van der Waals surface area (Å²) in [6.45, 7) is 7.21. The van der Waals surface area contributed by atoms with E-state index in [1.807, 2.05) is 13.8 Å². The molecule has 0 bridgehead atoms. The molecule has 1 atom stereocenters. The summed E-state index contributed by atoms with van der Waals surface area (Å²) in [6.07, 6.45) is 3.59. The minimum atomic E-state index is 0.122. The molecular formula is C14H22N4. The molecule has 1 fully saturated rings. The number of nitrogen functional groups attached to an aromatic ring is 1. The number of hydrogen-bond donors (Lipinski definition) is 2. The Labute approximate surface area is 109 Å². The van der Waals surface area contributed by atoms with Gasteiger partial charge in [0.25, 0.3) is 0 Å². The van der Waals surface area contributed by atoms with Gasteiger partial charge in [-0.3, -0.25) is 10.4 Å². The maximum Gasteiger partial charge on any atom is 0.126 e. The van der Waals surface area contributed by atoms with E-state index in [4.69, 9.17) is 11.1 Å². The third kappa shape index (κ3) is 2.19. The second kappa shape index (κ2) is 4.96. The van der Waals surface area contributed by atoms with Gasteiger partial charge in [0.2, 0.25) is 0 Å². The quantitative estimate of drug-likeness (QED) is 0.635. The van der Waals surface area contributed by atoms with E-state index in [0.29, 0.717) is 6.04 Å². The van der Waals surface area contributed by atoms with Crippen LogP contribution in [0.5, 0.6) is 0 Å². The first-order chi connectivity index (χ1) is 8.54. The van der Waals surface area contributed by atoms with Crippen LogP contribution >= 0.6 is 0 Å². The summed E-state index contributed by atoms with van der Waals surface area (Å²) in [6, 6.07) is 2.64. The van der Waals surface area contributed by atoms with Crippen LogP contribution in [0, 0.1) is 19.3 Å². The lowest BCUT2D eigenvalue weighted by Gasteiger charge is -2.28. The van der Waals surface area contributed by atoms with Crippen molar-refractivity contribution in [3.05, 3.63) is 23.0 Å². The fraction of sp³-hybridized carbons (Fsp3) is 0.571. The summed E-state index contributed by atoms with van der Waals surface area (Å²) in [5.74, 6) is 0.122. The number of pyridine rings is 1. The lowest BCUT2D eigenvalue weighted by molar-refractivity contribution is 0.644. The van der Waals surface area contributed by atoms with Gasteiger partial charge < -0.3 is 10.6 Å². The van der Waals surface area contributed by atoms with Crippen LogP contribution in [-0.2, 0) is 0 Å². The molecule has 4 nitrogen and oxygen atoms in total. The van der Waals surface area contributed by atoms with Gasteiger partial charge in [-0.25, -0.2) is 0 Å². The van der Waals surface area contributed by atoms with E-state index in [1.165, 1.54) is 12.8 Å². The van der Waals surface area contributed by atoms with Crippen LogP contribution in [0.3, 0.4) is 0 Å². The number of nitrogens with zero attached hydrogens (tertiary/aromatic N) is 2. The lowest BCUT2D eigenvalue weighted by Crippen LogP contribution is -2.31. The number of aromatic nitrogens is 1. The highest BCUT2D eigenvalue weighted by Crippen LogP contribution is 2.31. The van der Waals surface area contributed by atoms with E-state index < -0.39 is 0 Å². The third-order valence-corrected chi connectivity index (χ3v) is 3.73. The van der Waals surface area contributed by atoms with Gasteiger partial charge >= 0.3 is 0 Å². The van der Waals surface area contributed by atoms with Gasteiger partial charge in [-0.05, 0) is 39.2 Å². The van der Waals surface area contributed by atoms with Crippen LogP contribution in [0.15, 0.2) is 6.07 Å². The zero-order chi connectivity index (χ0) is 13.3. The largest absolute Gasteiger partial charge is 0.384 e. The molecule has 0 radical (unpaired) electrons. The van der Waals surface area contributed by atoms with Gasteiger partial charge in [0.05, 0.1) is 16.9 Å². The molecular weight excluding hydrogens is 224 g/mol. The fourth-order valence-corrected chi connectivity index (χ4v) is 2.94. The Bertz CT molecular complexity index is 467. The van der Waals surface area contributed by atoms with Gasteiger partial charge in [-0.2, -0.15) is 0 Å². The van der Waals surface area contributed by atoms with Crippen molar-refractivity contribution in [3.63, 3.8) is 0 Å². The van der Waals surface area contributed by atoms with Crippen LogP contribution in [0.4, 0.5) is 5.69 Å². The number of rotatable bonds is 3. The van der Waals surface area contributed by atoms with Crippen LogP contribution in [0.25, 0.3) is 0 Å². The standard InChI is InChI=1S/C14H22N4/c1-4-11-6-5-7-18(11)12-8-9(2)17-10(3)13(12)14(15)16/h8,11H,4-7H2,1-3H3,(H3,15,16). The number of nitrogens with two attached hydrogens (primary N) is 1. The highest BCUT2D eigenvalue weighted by atomic mass is 15.2. The van der Waals surface area contributed by atoms with Crippen molar-refractivity contribution in [2.45, 2.75) is 46.1 Å². The molecule has 1 aromatic rings. The first-order valence-corrected chi connectivity index (χ1v) is 6.63. The summed E-state index contributed by atoms with van der Waals surface area (Å²) >= 11 is 0. The van der Waals surface area contributed by atoms with Crippen molar-refractivity contribution in [1.29, 1.82) is 5.41 Å². The van der Waals surface area contributed by atoms with E-state index in [1.54, 1.807) is 0 Å². The second-order valence-corrected chi connectivity index (χ2v) is 5.05. The molecule has 0 spiro atoms. The Morgan fingerprint density at radius 1 is 1.56 bits per heavy atom. The molecule has 4 heteroatoms. The van der Waals surface area contributed by atoms with Crippen molar-refractivity contribution in [2.24, 2.45) is 5.73 Å². The van der Waals surface area contributed by atoms with E-state index in [0.717, 1.165) is 35.6 Å². The van der Waals surface area contributed by atoms with Crippen LogP contribution in [-0.4, -0.2) is 23.4 Å². The first kappa shape index (κ1) is 12.9. The third-order valence-electron chi connectivity index (χ3n) is 3.73. The van der Waals surface area contributed by atoms with Crippen LogP contribution in [0.1, 0.15) is 43.1 Å². The summed E-state index contributed by atoms with van der Waals surface area (Å²) in [5.41, 5.74) is 9.49. The Morgan fingerprint density at radius 2 is 2.28 bits per heavy atom. The molecule has 0 aliphatic carbocycles. The predicted molar refractivity (Wildman–Crippen MR) is 75.4 cm³/mol. The summed E-state index contributed by atoms with van der Waals surface area (Å²) < 4.78 is 0. The predicted octanol–water partition coefficient (Wildman–Crippen LogP) is 2.36. The number of nitrogens with one attached hydrogen (secondary N) is 1. The summed E-state index contributed by atoms with van der Waals surface area (Å²) in [5, 5.41) is 7.79. The van der Waals surface area contributed by atoms with Gasteiger partial charge in [0, 0.05) is 18.3 Å². The molecule has 3 N–H and O–H groups in total. The van der Waals surface area contributed by atoms with E-state index in [9.17, 15) is 0 Å². The molecule has 0 saturated carbocycles. The van der Waals surface area contributed by atoms with E-state index in [-0.39, 0.29) is 5.84 Å². The molecule has 18 heavy (non-hydrogen) atoms. The Morgan fingerprint density at radius 3 is 2.89 bits per heavy atom. The average molecular weight is 246 g/mol. The number of amidine groups is 1. The minimum Gasteiger partial charge on any atom is -0.384 e. The topological polar surface area (TPSA) is 66.0 Å². The normalized spacial score (nSPS) is 19.3. The molecule has 2 rings (SSSR count). The van der Waals surface area contributed by atoms with Crippen molar-refractivity contribution < 1.29 is 0 Å². The van der Waals surface area contributed by atoms with Gasteiger partial charge in [0.15, 0.2) is 0 Å². The molecule has 98 valence electrons. The average Bonchev–Trinajstić information content (AvgIpc) is 2.74. The Kier molecular flexibility index (Phi) is 3.55. The molecule has 1 aliphatic heterocycles. The Hall–Kier alpha value is -1.58. The number of hydrogen-bond acceptors (Lipinski definition) is 3. The lowest BCUT2D eigenvalue weighted by atomic mass is 10.1. The molecule has 0 aromatic carbocycles. The van der Waals surface area contributed by atoms with Crippen molar-refractivity contribution in [3.8, 4) is 0 Å². The molecule has 1 aromatic heterocycles. The molecule has 1 unspecified atom stereocenters. The smallest absolute Gasteiger partial charge is 0.126 e. The molecule has 2 heterocycles. The highest BCUT2D eigenvalue weighted by Gasteiger charge is 2.26. The number of anilines is 1.